The van der Waals surface area contributed by atoms with Crippen molar-refractivity contribution in [3.05, 3.63) is 23.8 Å². The number of aromatic nitrogens is 4. The summed E-state index contributed by atoms with van der Waals surface area (Å²) in [6.45, 7) is 1.70. The zero-order chi connectivity index (χ0) is 29.7. The van der Waals surface area contributed by atoms with Crippen LogP contribution in [-0.2, 0) is 26.3 Å². The topological polar surface area (TPSA) is 133 Å². The first-order valence-corrected chi connectivity index (χ1v) is 12.7. The zero-order valence-corrected chi connectivity index (χ0v) is 22.4. The highest BCUT2D eigenvalue weighted by molar-refractivity contribution is 6.12. The van der Waals surface area contributed by atoms with Gasteiger partial charge in [0.25, 0.3) is 11.9 Å². The van der Waals surface area contributed by atoms with Crippen LogP contribution in [0.15, 0.2) is 12.4 Å². The van der Waals surface area contributed by atoms with Crippen LogP contribution in [0.25, 0.3) is 0 Å². The van der Waals surface area contributed by atoms with E-state index in [4.69, 9.17) is 14.9 Å². The van der Waals surface area contributed by atoms with Gasteiger partial charge in [-0.05, 0) is 13.8 Å². The molecule has 2 fully saturated rings. The summed E-state index contributed by atoms with van der Waals surface area (Å²) >= 11 is 0. The molecule has 3 aliphatic rings. The first kappa shape index (κ1) is 28.6. The minimum absolute atomic E-state index is 0.00186. The minimum atomic E-state index is -4.63. The number of amides is 1. The second kappa shape index (κ2) is 10.2. The summed E-state index contributed by atoms with van der Waals surface area (Å²) in [5.41, 5.74) is -0.404. The average Bonchev–Trinajstić information content (AvgIpc) is 3.39. The van der Waals surface area contributed by atoms with Gasteiger partial charge in [-0.25, -0.2) is 28.7 Å². The molecule has 2 saturated heterocycles. The van der Waals surface area contributed by atoms with Crippen molar-refractivity contribution >= 4 is 35.2 Å². The third-order valence-corrected chi connectivity index (χ3v) is 7.19. The summed E-state index contributed by atoms with van der Waals surface area (Å²) in [7, 11) is 1.59. The van der Waals surface area contributed by atoms with Gasteiger partial charge in [-0.3, -0.25) is 15.1 Å². The van der Waals surface area contributed by atoms with Crippen LogP contribution in [0, 0.1) is 5.41 Å². The molecule has 0 spiro atoms. The molecule has 0 bridgehead atoms. The van der Waals surface area contributed by atoms with E-state index >= 15 is 0 Å². The van der Waals surface area contributed by atoms with Crippen molar-refractivity contribution in [3.63, 3.8) is 0 Å². The lowest BCUT2D eigenvalue weighted by Gasteiger charge is -2.37. The number of rotatable bonds is 5. The molecule has 1 atom stereocenters. The van der Waals surface area contributed by atoms with Crippen LogP contribution in [0.3, 0.4) is 0 Å². The lowest BCUT2D eigenvalue weighted by molar-refractivity contribution is -0.202. The van der Waals surface area contributed by atoms with Gasteiger partial charge in [0.1, 0.15) is 11.6 Å². The molecule has 2 aromatic heterocycles. The lowest BCUT2D eigenvalue weighted by atomic mass is 9.87. The molecule has 5 rings (SSSR count). The van der Waals surface area contributed by atoms with Crippen LogP contribution in [-0.4, -0.2) is 94.8 Å². The van der Waals surface area contributed by atoms with Gasteiger partial charge in [0.15, 0.2) is 18.5 Å². The Balaban J connectivity index is 1.41. The summed E-state index contributed by atoms with van der Waals surface area (Å²) < 4.78 is 77.9. The highest BCUT2D eigenvalue weighted by atomic mass is 19.4. The number of carbonyl (C=O) groups is 1. The van der Waals surface area contributed by atoms with Crippen molar-refractivity contribution in [2.45, 2.75) is 50.4 Å². The van der Waals surface area contributed by atoms with Gasteiger partial charge in [-0.15, -0.1) is 0 Å². The van der Waals surface area contributed by atoms with E-state index < -0.39 is 49.3 Å². The number of carbonyl (C=O) groups excluding carboxylic acids is 1. The maximum absolute atomic E-state index is 13.7. The van der Waals surface area contributed by atoms with Crippen LogP contribution in [0.1, 0.15) is 31.7 Å². The summed E-state index contributed by atoms with van der Waals surface area (Å²) in [6.07, 6.45) is -2.26. The first-order valence-electron chi connectivity index (χ1n) is 12.7. The third kappa shape index (κ3) is 5.29. The summed E-state index contributed by atoms with van der Waals surface area (Å²) in [5, 5.41) is 11.0. The Labute approximate surface area is 231 Å². The first-order chi connectivity index (χ1) is 19.2. The number of nitrogens with zero attached hydrogens (tertiary/aromatic N) is 7. The van der Waals surface area contributed by atoms with Gasteiger partial charge in [0.2, 0.25) is 11.9 Å². The Morgan fingerprint density at radius 2 is 1.93 bits per heavy atom. The number of anilines is 4. The Kier molecular flexibility index (Phi) is 7.11. The third-order valence-electron chi connectivity index (χ3n) is 7.19. The molecule has 0 saturated carbocycles. The number of amidine groups is 1. The summed E-state index contributed by atoms with van der Waals surface area (Å²) in [5.74, 6) is -2.65. The van der Waals surface area contributed by atoms with Crippen molar-refractivity contribution in [1.82, 2.24) is 24.8 Å². The molecule has 2 aromatic rings. The van der Waals surface area contributed by atoms with E-state index in [9.17, 15) is 26.7 Å². The molecular weight excluding hydrogens is 557 g/mol. The predicted molar refractivity (Wildman–Crippen MR) is 135 cm³/mol. The van der Waals surface area contributed by atoms with E-state index in [-0.39, 0.29) is 61.1 Å². The van der Waals surface area contributed by atoms with Gasteiger partial charge in [-0.2, -0.15) is 13.2 Å². The van der Waals surface area contributed by atoms with Crippen molar-refractivity contribution < 1.29 is 36.2 Å². The smallest absolute Gasteiger partial charge is 0.411 e. The zero-order valence-electron chi connectivity index (χ0n) is 22.4. The van der Waals surface area contributed by atoms with Crippen LogP contribution < -0.4 is 15.1 Å². The van der Waals surface area contributed by atoms with E-state index in [1.165, 1.54) is 22.2 Å². The van der Waals surface area contributed by atoms with Crippen molar-refractivity contribution in [2.75, 3.05) is 55.0 Å². The second-order valence-corrected chi connectivity index (χ2v) is 10.4. The Morgan fingerprint density at radius 1 is 1.22 bits per heavy atom. The van der Waals surface area contributed by atoms with Crippen molar-refractivity contribution in [3.8, 4) is 0 Å². The molecule has 41 heavy (non-hydrogen) atoms. The molecule has 5 heterocycles. The minimum Gasteiger partial charge on any atom is -0.457 e. The summed E-state index contributed by atoms with van der Waals surface area (Å²) in [6, 6.07) is -2.74. The Hall–Kier alpha value is -3.89. The average molecular weight is 586 g/mol. The molecule has 3 aliphatic heterocycles. The fraction of sp³-hybridized carbons (Fsp3) is 0.583. The Bertz CT molecular complexity index is 1340. The van der Waals surface area contributed by atoms with Crippen LogP contribution in [0.5, 0.6) is 0 Å². The van der Waals surface area contributed by atoms with Crippen LogP contribution in [0.4, 0.5) is 45.2 Å². The van der Waals surface area contributed by atoms with E-state index in [1.807, 2.05) is 0 Å². The van der Waals surface area contributed by atoms with Crippen molar-refractivity contribution in [2.24, 2.45) is 0 Å². The SMILES string of the molecule is CNc1nc(COC(=N)N2CCOCC2C(F)(F)F)nc2c1C(C)(C)C(=O)N2c1cnc(N2CCC(F)(F)C2)nc1. The Morgan fingerprint density at radius 3 is 2.54 bits per heavy atom. The fourth-order valence-electron chi connectivity index (χ4n) is 5.03. The largest absolute Gasteiger partial charge is 0.457 e. The summed E-state index contributed by atoms with van der Waals surface area (Å²) in [4.78, 5) is 34.2. The molecule has 0 aliphatic carbocycles. The number of hydrogen-bond donors (Lipinski definition) is 2. The van der Waals surface area contributed by atoms with Gasteiger partial charge < -0.3 is 24.6 Å². The fourth-order valence-corrected chi connectivity index (χ4v) is 5.03. The van der Waals surface area contributed by atoms with E-state index in [2.05, 4.69) is 25.3 Å². The molecule has 17 heteroatoms. The number of alkyl halides is 5. The van der Waals surface area contributed by atoms with Crippen LogP contribution in [0.2, 0.25) is 0 Å². The monoisotopic (exact) mass is 585 g/mol. The standard InChI is InChI=1S/C24H28F5N9O3/c1-22(2)16-17(31-3)34-15(11-41-20(30)37-6-7-40-10-14(37)24(27,28)29)35-18(16)38(19(22)39)13-8-32-21(33-9-13)36-5-4-23(25,26)12-36/h8-9,14,30H,4-7,10-12H2,1-3H3,(H,31,34,35). The number of hydrogen-bond acceptors (Lipinski definition) is 10. The molecule has 1 amide bonds. The predicted octanol–water partition coefficient (Wildman–Crippen LogP) is 2.82. The molecular formula is C24H28F5N9O3. The normalized spacial score (nSPS) is 21.7. The molecule has 222 valence electrons. The number of morpholine rings is 1. The molecule has 12 nitrogen and oxygen atoms in total. The van der Waals surface area contributed by atoms with E-state index in [0.717, 1.165) is 4.90 Å². The molecule has 1 unspecified atom stereocenters. The van der Waals surface area contributed by atoms with Gasteiger partial charge in [0, 0.05) is 26.6 Å². The van der Waals surface area contributed by atoms with Crippen LogP contribution >= 0.6 is 0 Å². The maximum Gasteiger partial charge on any atom is 0.411 e. The van der Waals surface area contributed by atoms with E-state index in [0.29, 0.717) is 5.56 Å². The van der Waals surface area contributed by atoms with Gasteiger partial charge >= 0.3 is 6.18 Å². The lowest BCUT2D eigenvalue weighted by Crippen LogP contribution is -2.55. The number of fused-ring (bicyclic) bond motifs is 1. The molecule has 0 radical (unpaired) electrons. The van der Waals surface area contributed by atoms with Crippen molar-refractivity contribution in [1.29, 1.82) is 5.41 Å². The molecule has 0 aromatic carbocycles. The van der Waals surface area contributed by atoms with E-state index in [1.54, 1.807) is 20.9 Å². The van der Waals surface area contributed by atoms with Gasteiger partial charge in [-0.1, -0.05) is 0 Å². The second-order valence-electron chi connectivity index (χ2n) is 10.4. The number of nitrogens with one attached hydrogen (secondary N) is 2. The maximum atomic E-state index is 13.7. The highest BCUT2D eigenvalue weighted by Gasteiger charge is 2.49. The number of halogens is 5. The van der Waals surface area contributed by atoms with Gasteiger partial charge in [0.05, 0.1) is 48.8 Å². The number of ether oxygens (including phenoxy) is 2. The molecule has 2 N–H and O–H groups in total. The highest BCUT2D eigenvalue weighted by Crippen LogP contribution is 2.47. The quantitative estimate of drug-likeness (QED) is 0.307.